The number of ether oxygens (including phenoxy) is 1. The van der Waals surface area contributed by atoms with Gasteiger partial charge in [0.1, 0.15) is 6.61 Å². The lowest BCUT2D eigenvalue weighted by Gasteiger charge is -2.11. The standard InChI is InChI=1S/C20H18N4O3/c1-3-13-27-20(26)15-9-11-16(12-10-15)21-22-18-14(2)23-24(19(18)25)17-7-5-4-6-8-17/h3-12,18H,1,13H2,2H3. The van der Waals surface area contributed by atoms with Crippen LogP contribution in [0.3, 0.4) is 0 Å². The number of carbonyl (C=O) groups is 2. The van der Waals surface area contributed by atoms with Crippen molar-refractivity contribution in [1.29, 1.82) is 0 Å². The summed E-state index contributed by atoms with van der Waals surface area (Å²) in [7, 11) is 0. The van der Waals surface area contributed by atoms with Gasteiger partial charge in [-0.1, -0.05) is 30.9 Å². The third kappa shape index (κ3) is 4.14. The van der Waals surface area contributed by atoms with E-state index in [4.69, 9.17) is 4.74 Å². The van der Waals surface area contributed by atoms with E-state index in [9.17, 15) is 9.59 Å². The van der Waals surface area contributed by atoms with Gasteiger partial charge >= 0.3 is 5.97 Å². The molecule has 0 N–H and O–H groups in total. The van der Waals surface area contributed by atoms with Crippen molar-refractivity contribution in [1.82, 2.24) is 0 Å². The molecule has 1 atom stereocenters. The summed E-state index contributed by atoms with van der Waals surface area (Å²) in [6, 6.07) is 14.8. The van der Waals surface area contributed by atoms with E-state index in [0.29, 0.717) is 22.6 Å². The van der Waals surface area contributed by atoms with Crippen molar-refractivity contribution in [3.05, 3.63) is 72.8 Å². The topological polar surface area (TPSA) is 83.7 Å². The number of hydrazone groups is 1. The molecule has 0 saturated heterocycles. The van der Waals surface area contributed by atoms with Gasteiger partial charge in [-0.25, -0.2) is 4.79 Å². The van der Waals surface area contributed by atoms with Crippen LogP contribution in [-0.4, -0.2) is 30.2 Å². The zero-order chi connectivity index (χ0) is 19.2. The Labute approximate surface area is 156 Å². The van der Waals surface area contributed by atoms with Crippen LogP contribution in [0.15, 0.2) is 82.6 Å². The highest BCUT2D eigenvalue weighted by atomic mass is 16.5. The van der Waals surface area contributed by atoms with Gasteiger partial charge in [-0.2, -0.15) is 20.3 Å². The quantitative estimate of drug-likeness (QED) is 0.444. The molecule has 1 aliphatic heterocycles. The minimum Gasteiger partial charge on any atom is -0.458 e. The van der Waals surface area contributed by atoms with E-state index in [1.54, 1.807) is 43.3 Å². The van der Waals surface area contributed by atoms with Gasteiger partial charge in [-0.15, -0.1) is 0 Å². The van der Waals surface area contributed by atoms with E-state index in [0.717, 1.165) is 0 Å². The number of carbonyl (C=O) groups excluding carboxylic acids is 2. The average Bonchev–Trinajstić information content (AvgIpc) is 2.99. The first-order valence-electron chi connectivity index (χ1n) is 8.33. The molecule has 0 fully saturated rings. The normalized spacial score (nSPS) is 16.5. The predicted molar refractivity (Wildman–Crippen MR) is 102 cm³/mol. The summed E-state index contributed by atoms with van der Waals surface area (Å²) in [5.74, 6) is -0.696. The highest BCUT2D eigenvalue weighted by Crippen LogP contribution is 2.23. The molecule has 1 unspecified atom stereocenters. The molecule has 2 aromatic rings. The largest absolute Gasteiger partial charge is 0.458 e. The first kappa shape index (κ1) is 18.2. The average molecular weight is 362 g/mol. The molecule has 2 aromatic carbocycles. The molecule has 136 valence electrons. The summed E-state index contributed by atoms with van der Waals surface area (Å²) in [6.07, 6.45) is 1.50. The Hall–Kier alpha value is -3.61. The van der Waals surface area contributed by atoms with E-state index >= 15 is 0 Å². The van der Waals surface area contributed by atoms with E-state index in [2.05, 4.69) is 21.9 Å². The number of anilines is 1. The van der Waals surface area contributed by atoms with Gasteiger partial charge in [0.2, 0.25) is 0 Å². The summed E-state index contributed by atoms with van der Waals surface area (Å²) in [6.45, 7) is 5.39. The summed E-state index contributed by atoms with van der Waals surface area (Å²) in [5.41, 5.74) is 2.17. The van der Waals surface area contributed by atoms with E-state index < -0.39 is 12.0 Å². The number of azo groups is 1. The second-order valence-corrected chi connectivity index (χ2v) is 5.78. The van der Waals surface area contributed by atoms with Crippen molar-refractivity contribution in [3.63, 3.8) is 0 Å². The van der Waals surface area contributed by atoms with Crippen LogP contribution < -0.4 is 5.01 Å². The number of hydrogen-bond acceptors (Lipinski definition) is 6. The lowest BCUT2D eigenvalue weighted by atomic mass is 10.2. The highest BCUT2D eigenvalue weighted by Gasteiger charge is 2.34. The second kappa shape index (κ2) is 8.18. The molecule has 0 radical (unpaired) electrons. The van der Waals surface area contributed by atoms with Crippen LogP contribution in [0.5, 0.6) is 0 Å². The van der Waals surface area contributed by atoms with Gasteiger partial charge in [0.25, 0.3) is 5.91 Å². The van der Waals surface area contributed by atoms with Crippen molar-refractivity contribution in [2.45, 2.75) is 13.0 Å². The zero-order valence-electron chi connectivity index (χ0n) is 14.8. The van der Waals surface area contributed by atoms with Gasteiger partial charge in [0.15, 0.2) is 6.04 Å². The number of para-hydroxylation sites is 1. The molecular formula is C20H18N4O3. The number of amides is 1. The van der Waals surface area contributed by atoms with Crippen LogP contribution in [0, 0.1) is 0 Å². The first-order chi connectivity index (χ1) is 13.1. The minimum absolute atomic E-state index is 0.153. The maximum absolute atomic E-state index is 12.6. The summed E-state index contributed by atoms with van der Waals surface area (Å²) in [4.78, 5) is 24.3. The number of benzene rings is 2. The van der Waals surface area contributed by atoms with Gasteiger partial charge in [0.05, 0.1) is 22.6 Å². The third-order valence-corrected chi connectivity index (χ3v) is 3.82. The Kier molecular flexibility index (Phi) is 5.51. The van der Waals surface area contributed by atoms with E-state index in [-0.39, 0.29) is 12.5 Å². The monoisotopic (exact) mass is 362 g/mol. The molecule has 0 aromatic heterocycles. The van der Waals surface area contributed by atoms with Crippen LogP contribution in [0.25, 0.3) is 0 Å². The zero-order valence-corrected chi connectivity index (χ0v) is 14.8. The lowest BCUT2D eigenvalue weighted by molar-refractivity contribution is -0.117. The number of esters is 1. The smallest absolute Gasteiger partial charge is 0.338 e. The van der Waals surface area contributed by atoms with Crippen molar-refractivity contribution in [2.24, 2.45) is 15.3 Å². The maximum atomic E-state index is 12.6. The lowest BCUT2D eigenvalue weighted by Crippen LogP contribution is -2.29. The van der Waals surface area contributed by atoms with Gasteiger partial charge in [0, 0.05) is 0 Å². The Morgan fingerprint density at radius 1 is 1.22 bits per heavy atom. The number of rotatable bonds is 6. The molecule has 27 heavy (non-hydrogen) atoms. The number of hydrogen-bond donors (Lipinski definition) is 0. The third-order valence-electron chi connectivity index (χ3n) is 3.82. The van der Waals surface area contributed by atoms with Crippen molar-refractivity contribution in [3.8, 4) is 0 Å². The Morgan fingerprint density at radius 3 is 2.59 bits per heavy atom. The Balaban J connectivity index is 1.69. The fourth-order valence-electron chi connectivity index (χ4n) is 2.45. The SMILES string of the molecule is C=CCOC(=O)c1ccc(N=NC2C(=O)N(c3ccccc3)N=C2C)cc1. The molecule has 0 spiro atoms. The number of nitrogens with zero attached hydrogens (tertiary/aromatic N) is 4. The van der Waals surface area contributed by atoms with Crippen LogP contribution in [0.1, 0.15) is 17.3 Å². The molecule has 1 heterocycles. The van der Waals surface area contributed by atoms with Crippen molar-refractivity contribution < 1.29 is 14.3 Å². The Bertz CT molecular complexity index is 905. The van der Waals surface area contributed by atoms with Gasteiger partial charge < -0.3 is 4.74 Å². The molecule has 0 bridgehead atoms. The fourth-order valence-corrected chi connectivity index (χ4v) is 2.45. The molecule has 0 saturated carbocycles. The molecular weight excluding hydrogens is 344 g/mol. The van der Waals surface area contributed by atoms with E-state index in [1.165, 1.54) is 11.1 Å². The minimum atomic E-state index is -0.762. The van der Waals surface area contributed by atoms with Crippen LogP contribution in [-0.2, 0) is 9.53 Å². The fraction of sp³-hybridized carbons (Fsp3) is 0.150. The molecule has 7 heteroatoms. The summed E-state index contributed by atoms with van der Waals surface area (Å²) in [5, 5.41) is 13.8. The first-order valence-corrected chi connectivity index (χ1v) is 8.33. The van der Waals surface area contributed by atoms with Crippen LogP contribution in [0.2, 0.25) is 0 Å². The molecule has 1 aliphatic rings. The Morgan fingerprint density at radius 2 is 1.93 bits per heavy atom. The van der Waals surface area contributed by atoms with Gasteiger partial charge in [-0.3, -0.25) is 4.79 Å². The predicted octanol–water partition coefficient (Wildman–Crippen LogP) is 3.90. The van der Waals surface area contributed by atoms with Crippen LogP contribution >= 0.6 is 0 Å². The molecule has 7 nitrogen and oxygen atoms in total. The van der Waals surface area contributed by atoms with E-state index in [1.807, 2.05) is 18.2 Å². The van der Waals surface area contributed by atoms with Crippen molar-refractivity contribution in [2.75, 3.05) is 11.6 Å². The van der Waals surface area contributed by atoms with Crippen LogP contribution in [0.4, 0.5) is 11.4 Å². The highest BCUT2D eigenvalue weighted by molar-refractivity contribution is 6.18. The molecule has 3 rings (SSSR count). The molecule has 0 aliphatic carbocycles. The van der Waals surface area contributed by atoms with Gasteiger partial charge in [-0.05, 0) is 43.3 Å². The summed E-state index contributed by atoms with van der Waals surface area (Å²) >= 11 is 0. The summed E-state index contributed by atoms with van der Waals surface area (Å²) < 4.78 is 4.96. The molecule has 1 amide bonds. The second-order valence-electron chi connectivity index (χ2n) is 5.78. The maximum Gasteiger partial charge on any atom is 0.338 e. The van der Waals surface area contributed by atoms with Crippen molar-refractivity contribution >= 4 is 29.0 Å².